The van der Waals surface area contributed by atoms with E-state index in [2.05, 4.69) is 12.2 Å². The Kier molecular flexibility index (Phi) is 5.06. The standard InChI is InChI=1S/C25H24ClN3O2/c1-16-8-10-28(11-9-16)24(30)15-29-14-17(19-4-2-3-5-23(19)29)12-21-20-7-6-18(26)13-22(20)27-25(21)31/h2-7,12-14,16H,8-11,15H2,1H3,(H,27,31)/b21-12+. The van der Waals surface area contributed by atoms with E-state index in [1.807, 2.05) is 52.1 Å². The molecule has 2 aliphatic rings. The zero-order valence-electron chi connectivity index (χ0n) is 17.4. The lowest BCUT2D eigenvalue weighted by Crippen LogP contribution is -2.39. The molecule has 31 heavy (non-hydrogen) atoms. The molecule has 3 heterocycles. The summed E-state index contributed by atoms with van der Waals surface area (Å²) in [5.74, 6) is 0.683. The molecule has 0 radical (unpaired) electrons. The second kappa shape index (κ2) is 7.89. The molecule has 6 heteroatoms. The van der Waals surface area contributed by atoms with Crippen molar-refractivity contribution in [1.29, 1.82) is 0 Å². The highest BCUT2D eigenvalue weighted by Crippen LogP contribution is 2.36. The number of para-hydroxylation sites is 1. The second-order valence-electron chi connectivity index (χ2n) is 8.49. The van der Waals surface area contributed by atoms with Gasteiger partial charge in [0, 0.05) is 51.9 Å². The van der Waals surface area contributed by atoms with Crippen LogP contribution in [0.5, 0.6) is 0 Å². The van der Waals surface area contributed by atoms with Crippen LogP contribution < -0.4 is 5.32 Å². The number of amides is 2. The van der Waals surface area contributed by atoms with Crippen molar-refractivity contribution in [2.45, 2.75) is 26.3 Å². The molecule has 0 aliphatic carbocycles. The Morgan fingerprint density at radius 3 is 2.77 bits per heavy atom. The van der Waals surface area contributed by atoms with Gasteiger partial charge in [0.25, 0.3) is 5.91 Å². The normalized spacial score (nSPS) is 17.9. The van der Waals surface area contributed by atoms with Gasteiger partial charge in [0.05, 0.1) is 5.69 Å². The molecule has 5 rings (SSSR count). The summed E-state index contributed by atoms with van der Waals surface area (Å²) in [6, 6.07) is 13.4. The molecule has 0 saturated carbocycles. The van der Waals surface area contributed by atoms with E-state index >= 15 is 0 Å². The Balaban J connectivity index is 1.49. The van der Waals surface area contributed by atoms with Crippen molar-refractivity contribution in [3.8, 4) is 0 Å². The molecular formula is C25H24ClN3O2. The average molecular weight is 434 g/mol. The lowest BCUT2D eigenvalue weighted by Gasteiger charge is -2.30. The highest BCUT2D eigenvalue weighted by atomic mass is 35.5. The SMILES string of the molecule is CC1CCN(C(=O)Cn2cc(/C=C3/C(=O)Nc4cc(Cl)ccc43)c3ccccc32)CC1. The number of likely N-dealkylation sites (tertiary alicyclic amines) is 1. The number of hydrogen-bond donors (Lipinski definition) is 1. The quantitative estimate of drug-likeness (QED) is 0.588. The third-order valence-electron chi connectivity index (χ3n) is 6.33. The molecule has 1 fully saturated rings. The van der Waals surface area contributed by atoms with Gasteiger partial charge in [-0.05, 0) is 43.0 Å². The summed E-state index contributed by atoms with van der Waals surface area (Å²) in [5, 5.41) is 4.49. The number of carbonyl (C=O) groups excluding carboxylic acids is 2. The van der Waals surface area contributed by atoms with Crippen molar-refractivity contribution in [2.75, 3.05) is 18.4 Å². The summed E-state index contributed by atoms with van der Waals surface area (Å²) in [5.41, 5.74) is 4.07. The van der Waals surface area contributed by atoms with Crippen molar-refractivity contribution >= 4 is 51.7 Å². The number of fused-ring (bicyclic) bond motifs is 2. The Hall–Kier alpha value is -3.05. The minimum atomic E-state index is -0.146. The third-order valence-corrected chi connectivity index (χ3v) is 6.56. The van der Waals surface area contributed by atoms with Gasteiger partial charge >= 0.3 is 0 Å². The lowest BCUT2D eigenvalue weighted by atomic mass is 9.99. The largest absolute Gasteiger partial charge is 0.341 e. The number of hydrogen-bond acceptors (Lipinski definition) is 2. The Labute approximate surface area is 186 Å². The number of piperidine rings is 1. The van der Waals surface area contributed by atoms with Crippen LogP contribution >= 0.6 is 11.6 Å². The summed E-state index contributed by atoms with van der Waals surface area (Å²) in [7, 11) is 0. The number of anilines is 1. The van der Waals surface area contributed by atoms with Crippen LogP contribution in [0.15, 0.2) is 48.7 Å². The molecule has 0 spiro atoms. The summed E-state index contributed by atoms with van der Waals surface area (Å²) in [6.45, 7) is 4.20. The van der Waals surface area contributed by atoms with Crippen molar-refractivity contribution in [3.05, 3.63) is 64.8 Å². The summed E-state index contributed by atoms with van der Waals surface area (Å²) in [6.07, 6.45) is 6.01. The van der Waals surface area contributed by atoms with Crippen LogP contribution in [-0.4, -0.2) is 34.4 Å². The first-order chi connectivity index (χ1) is 15.0. The van der Waals surface area contributed by atoms with Crippen molar-refractivity contribution < 1.29 is 9.59 Å². The van der Waals surface area contributed by atoms with Crippen molar-refractivity contribution in [3.63, 3.8) is 0 Å². The van der Waals surface area contributed by atoms with Gasteiger partial charge in [-0.1, -0.05) is 42.8 Å². The van der Waals surface area contributed by atoms with Crippen LogP contribution in [0.2, 0.25) is 5.02 Å². The van der Waals surface area contributed by atoms with E-state index in [0.29, 0.717) is 23.1 Å². The Morgan fingerprint density at radius 2 is 1.97 bits per heavy atom. The second-order valence-corrected chi connectivity index (χ2v) is 8.93. The fourth-order valence-electron chi connectivity index (χ4n) is 4.49. The molecule has 1 saturated heterocycles. The maximum Gasteiger partial charge on any atom is 0.256 e. The molecule has 3 aromatic rings. The summed E-state index contributed by atoms with van der Waals surface area (Å²) >= 11 is 6.07. The van der Waals surface area contributed by atoms with E-state index in [0.717, 1.165) is 53.6 Å². The van der Waals surface area contributed by atoms with E-state index in [1.165, 1.54) is 0 Å². The van der Waals surface area contributed by atoms with Gasteiger partial charge in [-0.25, -0.2) is 0 Å². The zero-order chi connectivity index (χ0) is 21.5. The first kappa shape index (κ1) is 19.9. The maximum atomic E-state index is 12.9. The van der Waals surface area contributed by atoms with Crippen LogP contribution in [0.1, 0.15) is 30.9 Å². The smallest absolute Gasteiger partial charge is 0.256 e. The topological polar surface area (TPSA) is 54.3 Å². The molecule has 0 bridgehead atoms. The molecule has 5 nitrogen and oxygen atoms in total. The minimum absolute atomic E-state index is 0.144. The molecule has 2 aromatic carbocycles. The number of carbonyl (C=O) groups is 2. The number of aromatic nitrogens is 1. The molecule has 0 unspecified atom stereocenters. The van der Waals surface area contributed by atoms with Crippen LogP contribution in [0.3, 0.4) is 0 Å². The van der Waals surface area contributed by atoms with E-state index < -0.39 is 0 Å². The van der Waals surface area contributed by atoms with Gasteiger partial charge in [0.15, 0.2) is 0 Å². The number of nitrogens with one attached hydrogen (secondary N) is 1. The Bertz CT molecular complexity index is 1220. The first-order valence-electron chi connectivity index (χ1n) is 10.7. The van der Waals surface area contributed by atoms with E-state index in [1.54, 1.807) is 12.1 Å². The highest BCUT2D eigenvalue weighted by Gasteiger charge is 2.25. The Morgan fingerprint density at radius 1 is 1.19 bits per heavy atom. The lowest BCUT2D eigenvalue weighted by molar-refractivity contribution is -0.133. The van der Waals surface area contributed by atoms with Crippen LogP contribution in [0.25, 0.3) is 22.6 Å². The minimum Gasteiger partial charge on any atom is -0.341 e. The predicted molar refractivity (Wildman–Crippen MR) is 125 cm³/mol. The molecular weight excluding hydrogens is 410 g/mol. The maximum absolute atomic E-state index is 12.9. The van der Waals surface area contributed by atoms with Gasteiger partial charge < -0.3 is 14.8 Å². The third kappa shape index (κ3) is 3.74. The van der Waals surface area contributed by atoms with Crippen molar-refractivity contribution in [1.82, 2.24) is 9.47 Å². The number of nitrogens with zero attached hydrogens (tertiary/aromatic N) is 2. The van der Waals surface area contributed by atoms with Gasteiger partial charge in [0.1, 0.15) is 6.54 Å². The van der Waals surface area contributed by atoms with Gasteiger partial charge in [-0.15, -0.1) is 0 Å². The molecule has 158 valence electrons. The van der Waals surface area contributed by atoms with E-state index in [4.69, 9.17) is 11.6 Å². The number of benzene rings is 2. The average Bonchev–Trinajstić information content (AvgIpc) is 3.25. The van der Waals surface area contributed by atoms with Gasteiger partial charge in [-0.2, -0.15) is 0 Å². The van der Waals surface area contributed by atoms with E-state index in [-0.39, 0.29) is 11.8 Å². The fourth-order valence-corrected chi connectivity index (χ4v) is 4.66. The molecule has 2 amide bonds. The predicted octanol–water partition coefficient (Wildman–Crippen LogP) is 5.05. The van der Waals surface area contributed by atoms with E-state index in [9.17, 15) is 9.59 Å². The fraction of sp³-hybridized carbons (Fsp3) is 0.280. The van der Waals surface area contributed by atoms with Crippen LogP contribution in [-0.2, 0) is 16.1 Å². The molecule has 2 aliphatic heterocycles. The number of halogens is 1. The molecule has 0 atom stereocenters. The van der Waals surface area contributed by atoms with Gasteiger partial charge in [-0.3, -0.25) is 9.59 Å². The van der Waals surface area contributed by atoms with Gasteiger partial charge in [0.2, 0.25) is 5.91 Å². The summed E-state index contributed by atoms with van der Waals surface area (Å²) < 4.78 is 2.00. The monoisotopic (exact) mass is 433 g/mol. The zero-order valence-corrected chi connectivity index (χ0v) is 18.2. The number of rotatable bonds is 3. The highest BCUT2D eigenvalue weighted by molar-refractivity contribution is 6.36. The van der Waals surface area contributed by atoms with Crippen LogP contribution in [0, 0.1) is 5.92 Å². The van der Waals surface area contributed by atoms with Crippen LogP contribution in [0.4, 0.5) is 5.69 Å². The molecule has 1 aromatic heterocycles. The first-order valence-corrected chi connectivity index (χ1v) is 11.1. The molecule has 1 N–H and O–H groups in total. The summed E-state index contributed by atoms with van der Waals surface area (Å²) in [4.78, 5) is 27.5. The van der Waals surface area contributed by atoms with Crippen molar-refractivity contribution in [2.24, 2.45) is 5.92 Å².